The van der Waals surface area contributed by atoms with Crippen LogP contribution < -0.4 is 0 Å². The first-order valence-electron chi connectivity index (χ1n) is 16.7. The molecule has 0 atom stereocenters. The van der Waals surface area contributed by atoms with Crippen molar-refractivity contribution in [2.45, 2.75) is 12.8 Å². The van der Waals surface area contributed by atoms with Crippen molar-refractivity contribution in [3.63, 3.8) is 0 Å². The number of allylic oxidation sites excluding steroid dienone is 4. The van der Waals surface area contributed by atoms with E-state index in [1.807, 2.05) is 24.3 Å². The van der Waals surface area contributed by atoms with Gasteiger partial charge in [-0.25, -0.2) is 15.0 Å². The summed E-state index contributed by atoms with van der Waals surface area (Å²) in [4.78, 5) is 15.2. The first-order valence-corrected chi connectivity index (χ1v) is 16.7. The van der Waals surface area contributed by atoms with Gasteiger partial charge in [-0.15, -0.1) is 0 Å². The number of fused-ring (bicyclic) bond motifs is 3. The van der Waals surface area contributed by atoms with E-state index < -0.39 is 0 Å². The zero-order valence-electron chi connectivity index (χ0n) is 26.8. The fraction of sp³-hybridized carbons (Fsp3) is 0.0444. The van der Waals surface area contributed by atoms with Gasteiger partial charge in [0.25, 0.3) is 0 Å². The van der Waals surface area contributed by atoms with Crippen LogP contribution in [0.5, 0.6) is 0 Å². The lowest BCUT2D eigenvalue weighted by molar-refractivity contribution is 0.667. The minimum absolute atomic E-state index is 0.660. The third-order valence-corrected chi connectivity index (χ3v) is 9.30. The summed E-state index contributed by atoms with van der Waals surface area (Å²) in [6, 6.07) is 52.4. The summed E-state index contributed by atoms with van der Waals surface area (Å²) < 4.78 is 6.36. The first-order chi connectivity index (χ1) is 24.3. The maximum Gasteiger partial charge on any atom is 0.164 e. The normalized spacial score (nSPS) is 13.0. The summed E-state index contributed by atoms with van der Waals surface area (Å²) in [5.74, 6) is 2.02. The van der Waals surface area contributed by atoms with Crippen LogP contribution in [0.25, 0.3) is 78.1 Å². The van der Waals surface area contributed by atoms with E-state index in [9.17, 15) is 0 Å². The average Bonchev–Trinajstić information content (AvgIpc) is 3.58. The van der Waals surface area contributed by atoms with Gasteiger partial charge in [-0.2, -0.15) is 0 Å². The predicted molar refractivity (Wildman–Crippen MR) is 200 cm³/mol. The minimum Gasteiger partial charge on any atom is -0.455 e. The fourth-order valence-corrected chi connectivity index (χ4v) is 6.74. The van der Waals surface area contributed by atoms with Gasteiger partial charge in [0.1, 0.15) is 11.2 Å². The van der Waals surface area contributed by atoms with Gasteiger partial charge in [-0.05, 0) is 58.4 Å². The summed E-state index contributed by atoms with van der Waals surface area (Å²) in [5.41, 5.74) is 11.8. The molecule has 0 spiro atoms. The first kappa shape index (κ1) is 28.8. The van der Waals surface area contributed by atoms with Gasteiger partial charge >= 0.3 is 0 Å². The molecular formula is C45H31N3O. The molecule has 2 aromatic heterocycles. The highest BCUT2D eigenvalue weighted by Gasteiger charge is 2.19. The lowest BCUT2D eigenvalue weighted by Gasteiger charge is -2.16. The van der Waals surface area contributed by atoms with Gasteiger partial charge < -0.3 is 4.42 Å². The fourth-order valence-electron chi connectivity index (χ4n) is 6.74. The Morgan fingerprint density at radius 1 is 0.388 bits per heavy atom. The van der Waals surface area contributed by atoms with Gasteiger partial charge in [-0.1, -0.05) is 152 Å². The summed E-state index contributed by atoms with van der Waals surface area (Å²) in [6.07, 6.45) is 6.03. The van der Waals surface area contributed by atoms with Crippen LogP contribution in [0, 0.1) is 0 Å². The number of aromatic nitrogens is 3. The third-order valence-electron chi connectivity index (χ3n) is 9.30. The zero-order valence-corrected chi connectivity index (χ0v) is 26.8. The van der Waals surface area contributed by atoms with Crippen LogP contribution in [-0.2, 0) is 0 Å². The quantitative estimate of drug-likeness (QED) is 0.184. The lowest BCUT2D eigenvalue weighted by atomic mass is 9.92. The topological polar surface area (TPSA) is 51.8 Å². The summed E-state index contributed by atoms with van der Waals surface area (Å²) in [6.45, 7) is 0. The molecule has 0 saturated carbocycles. The van der Waals surface area contributed by atoms with Gasteiger partial charge in [0.15, 0.2) is 17.5 Å². The molecule has 6 aromatic carbocycles. The molecule has 0 fully saturated rings. The highest BCUT2D eigenvalue weighted by Crippen LogP contribution is 2.38. The Bertz CT molecular complexity index is 2530. The average molecular weight is 630 g/mol. The largest absolute Gasteiger partial charge is 0.455 e. The molecular weight excluding hydrogens is 599 g/mol. The number of furan rings is 1. The molecule has 1 aliphatic rings. The number of para-hydroxylation sites is 2. The van der Waals surface area contributed by atoms with Crippen LogP contribution in [0.1, 0.15) is 24.2 Å². The molecule has 8 aromatic rings. The number of hydrogen-bond acceptors (Lipinski definition) is 4. The van der Waals surface area contributed by atoms with Crippen molar-refractivity contribution in [2.75, 3.05) is 0 Å². The van der Waals surface area contributed by atoms with E-state index in [4.69, 9.17) is 19.4 Å². The van der Waals surface area contributed by atoms with Crippen LogP contribution in [-0.4, -0.2) is 15.0 Å². The molecule has 0 unspecified atom stereocenters. The van der Waals surface area contributed by atoms with E-state index in [0.717, 1.165) is 73.7 Å². The lowest BCUT2D eigenvalue weighted by Crippen LogP contribution is -2.04. The monoisotopic (exact) mass is 629 g/mol. The predicted octanol–water partition coefficient (Wildman–Crippen LogP) is 11.7. The Balaban J connectivity index is 1.13. The minimum atomic E-state index is 0.660. The Morgan fingerprint density at radius 2 is 0.918 bits per heavy atom. The summed E-state index contributed by atoms with van der Waals surface area (Å²) in [7, 11) is 0. The number of hydrogen-bond donors (Lipinski definition) is 0. The van der Waals surface area contributed by atoms with Crippen LogP contribution >= 0.6 is 0 Å². The van der Waals surface area contributed by atoms with Crippen molar-refractivity contribution < 1.29 is 4.42 Å². The second-order valence-corrected chi connectivity index (χ2v) is 12.4. The van der Waals surface area contributed by atoms with Gasteiger partial charge in [0.05, 0.1) is 0 Å². The molecule has 2 heterocycles. The standard InChI is InChI=1S/C45H31N3O/c1-3-11-30(12-4-1)32-21-25-34(26-22-32)43-46-44(48-45(47-43)37-16-9-15-36(29-37)31-13-5-2-6-14-31)35-27-23-33(24-28-35)38-18-10-19-40-39-17-7-8-20-41(39)49-42(38)40/h1-23,25-27,29H,24,28H2. The second-order valence-electron chi connectivity index (χ2n) is 12.4. The van der Waals surface area contributed by atoms with Gasteiger partial charge in [0, 0.05) is 27.5 Å². The molecule has 0 aliphatic heterocycles. The van der Waals surface area contributed by atoms with E-state index in [2.05, 4.69) is 140 Å². The zero-order chi connectivity index (χ0) is 32.6. The van der Waals surface area contributed by atoms with Gasteiger partial charge in [0.2, 0.25) is 0 Å². The third kappa shape index (κ3) is 5.53. The molecule has 1 aliphatic carbocycles. The molecule has 232 valence electrons. The van der Waals surface area contributed by atoms with Crippen LogP contribution in [0.15, 0.2) is 168 Å². The molecule has 0 saturated heterocycles. The van der Waals surface area contributed by atoms with Crippen molar-refractivity contribution in [1.29, 1.82) is 0 Å². The number of nitrogens with zero attached hydrogens (tertiary/aromatic N) is 3. The Morgan fingerprint density at radius 3 is 1.67 bits per heavy atom. The van der Waals surface area contributed by atoms with E-state index in [0.29, 0.717) is 17.5 Å². The van der Waals surface area contributed by atoms with E-state index in [1.165, 1.54) is 11.1 Å². The molecule has 4 heteroatoms. The maximum atomic E-state index is 6.36. The van der Waals surface area contributed by atoms with Crippen molar-refractivity contribution in [3.05, 3.63) is 175 Å². The summed E-state index contributed by atoms with van der Waals surface area (Å²) in [5, 5.41) is 2.29. The molecule has 49 heavy (non-hydrogen) atoms. The van der Waals surface area contributed by atoms with Crippen LogP contribution in [0.4, 0.5) is 0 Å². The smallest absolute Gasteiger partial charge is 0.164 e. The highest BCUT2D eigenvalue weighted by atomic mass is 16.3. The SMILES string of the molecule is C1=C(c2nc(-c3ccc(-c4ccccc4)cc3)nc(-c3cccc(-c4ccccc4)c3)n2)CCC(c2cccc3c2oc2ccccc23)=C1. The second kappa shape index (κ2) is 12.3. The molecule has 4 nitrogen and oxygen atoms in total. The van der Waals surface area contributed by atoms with Crippen LogP contribution in [0.3, 0.4) is 0 Å². The van der Waals surface area contributed by atoms with Crippen molar-refractivity contribution in [2.24, 2.45) is 0 Å². The Kier molecular flexibility index (Phi) is 7.25. The van der Waals surface area contributed by atoms with Crippen molar-refractivity contribution in [1.82, 2.24) is 15.0 Å². The Hall–Kier alpha value is -6.39. The van der Waals surface area contributed by atoms with E-state index >= 15 is 0 Å². The number of rotatable bonds is 6. The maximum absolute atomic E-state index is 6.36. The van der Waals surface area contributed by atoms with Gasteiger partial charge in [-0.3, -0.25) is 0 Å². The molecule has 0 N–H and O–H groups in total. The Labute approximate surface area is 284 Å². The molecule has 9 rings (SSSR count). The van der Waals surface area contributed by atoms with Crippen molar-refractivity contribution in [3.8, 4) is 45.0 Å². The van der Waals surface area contributed by atoms with Crippen LogP contribution in [0.2, 0.25) is 0 Å². The highest BCUT2D eigenvalue weighted by molar-refractivity contribution is 6.08. The van der Waals surface area contributed by atoms with E-state index in [1.54, 1.807) is 0 Å². The summed E-state index contributed by atoms with van der Waals surface area (Å²) >= 11 is 0. The molecule has 0 amide bonds. The molecule has 0 bridgehead atoms. The molecule has 0 radical (unpaired) electrons. The number of benzene rings is 6. The van der Waals surface area contributed by atoms with Crippen molar-refractivity contribution >= 4 is 33.1 Å². The van der Waals surface area contributed by atoms with E-state index in [-0.39, 0.29) is 0 Å².